The average molecular weight is 536 g/mol. The van der Waals surface area contributed by atoms with Gasteiger partial charge in [0.25, 0.3) is 0 Å². The molecule has 180 valence electrons. The summed E-state index contributed by atoms with van der Waals surface area (Å²) in [5, 5.41) is 0. The van der Waals surface area contributed by atoms with Crippen molar-refractivity contribution in [3.05, 3.63) is 93.1 Å². The van der Waals surface area contributed by atoms with Crippen LogP contribution in [0.4, 0.5) is 0 Å². The first-order valence-electron chi connectivity index (χ1n) is 11.3. The van der Waals surface area contributed by atoms with E-state index in [9.17, 15) is 4.79 Å². The summed E-state index contributed by atoms with van der Waals surface area (Å²) in [6.07, 6.45) is 1.66. The molecular weight excluding hydrogens is 510 g/mol. The van der Waals surface area contributed by atoms with Gasteiger partial charge in [0.05, 0.1) is 11.1 Å². The van der Waals surface area contributed by atoms with Crippen molar-refractivity contribution in [2.24, 2.45) is 4.99 Å². The second-order valence-corrected chi connectivity index (χ2v) is 8.76. The highest BCUT2D eigenvalue weighted by atomic mass is 79.9. The van der Waals surface area contributed by atoms with E-state index in [0.29, 0.717) is 35.8 Å². The lowest BCUT2D eigenvalue weighted by molar-refractivity contribution is -0.129. The Hall–Kier alpha value is -3.58. The Labute approximate surface area is 213 Å². The number of nitrogens with zero attached hydrogens (tertiary/aromatic N) is 1. The molecule has 0 saturated heterocycles. The second kappa shape index (κ2) is 11.2. The second-order valence-electron chi connectivity index (χ2n) is 7.91. The summed E-state index contributed by atoms with van der Waals surface area (Å²) < 4.78 is 23.6. The van der Waals surface area contributed by atoms with Crippen molar-refractivity contribution in [1.29, 1.82) is 0 Å². The summed E-state index contributed by atoms with van der Waals surface area (Å²) in [7, 11) is 0. The molecule has 0 aromatic heterocycles. The summed E-state index contributed by atoms with van der Waals surface area (Å²) in [6.45, 7) is 7.20. The minimum absolute atomic E-state index is 0.216. The molecule has 1 aliphatic rings. The summed E-state index contributed by atoms with van der Waals surface area (Å²) >= 11 is 3.57. The molecule has 35 heavy (non-hydrogen) atoms. The topological polar surface area (TPSA) is 66.4 Å². The van der Waals surface area contributed by atoms with Gasteiger partial charge in [-0.15, -0.1) is 0 Å². The molecule has 0 amide bonds. The summed E-state index contributed by atoms with van der Waals surface area (Å²) in [5.41, 5.74) is 4.09. The zero-order chi connectivity index (χ0) is 24.8. The van der Waals surface area contributed by atoms with Crippen LogP contribution in [-0.2, 0) is 9.53 Å². The number of rotatable bonds is 9. The van der Waals surface area contributed by atoms with E-state index in [-0.39, 0.29) is 11.6 Å². The van der Waals surface area contributed by atoms with Crippen LogP contribution in [0.3, 0.4) is 0 Å². The molecule has 3 aromatic rings. The third-order valence-corrected chi connectivity index (χ3v) is 5.94. The Bertz CT molecular complexity index is 1280. The predicted octanol–water partition coefficient (Wildman–Crippen LogP) is 6.27. The predicted molar refractivity (Wildman–Crippen MR) is 139 cm³/mol. The van der Waals surface area contributed by atoms with Gasteiger partial charge in [0.2, 0.25) is 5.90 Å². The van der Waals surface area contributed by atoms with Crippen LogP contribution in [-0.4, -0.2) is 31.7 Å². The first kappa shape index (κ1) is 24.5. The molecule has 7 heteroatoms. The van der Waals surface area contributed by atoms with Gasteiger partial charge in [0, 0.05) is 5.56 Å². The van der Waals surface area contributed by atoms with Gasteiger partial charge in [-0.05, 0) is 95.9 Å². The van der Waals surface area contributed by atoms with Gasteiger partial charge in [-0.25, -0.2) is 9.79 Å². The van der Waals surface area contributed by atoms with Crippen molar-refractivity contribution in [3.63, 3.8) is 0 Å². The molecule has 0 saturated carbocycles. The molecule has 0 N–H and O–H groups in total. The Morgan fingerprint density at radius 2 is 1.71 bits per heavy atom. The molecule has 0 radical (unpaired) electrons. The number of carbonyl (C=O) groups is 1. The van der Waals surface area contributed by atoms with Gasteiger partial charge in [-0.1, -0.05) is 24.3 Å². The fraction of sp³-hybridized carbons (Fsp3) is 0.214. The molecular formula is C28H26BrNO5. The number of esters is 1. The fourth-order valence-electron chi connectivity index (χ4n) is 3.45. The summed E-state index contributed by atoms with van der Waals surface area (Å²) in [6, 6.07) is 19.0. The lowest BCUT2D eigenvalue weighted by Gasteiger charge is -2.15. The van der Waals surface area contributed by atoms with Crippen LogP contribution in [0.5, 0.6) is 17.2 Å². The normalized spacial score (nSPS) is 14.0. The maximum absolute atomic E-state index is 12.4. The van der Waals surface area contributed by atoms with E-state index in [1.807, 2.05) is 67.6 Å². The van der Waals surface area contributed by atoms with Crippen molar-refractivity contribution in [2.75, 3.05) is 19.8 Å². The van der Waals surface area contributed by atoms with E-state index >= 15 is 0 Å². The number of hydrogen-bond donors (Lipinski definition) is 0. The Morgan fingerprint density at radius 3 is 2.46 bits per heavy atom. The third kappa shape index (κ3) is 6.11. The van der Waals surface area contributed by atoms with E-state index in [1.165, 1.54) is 11.1 Å². The molecule has 0 fully saturated rings. The summed E-state index contributed by atoms with van der Waals surface area (Å²) in [5.74, 6) is 1.72. The van der Waals surface area contributed by atoms with Crippen molar-refractivity contribution in [2.45, 2.75) is 20.8 Å². The standard InChI is InChI=1S/C28H26BrNO5/c1-4-32-25-17-20(16-24-28(31)35-27(30-24)21-8-6-5-7-9-21)15-23(29)26(25)34-13-12-33-22-11-10-18(2)19(3)14-22/h5-11,14-17H,4,12-13H2,1-3H3. The van der Waals surface area contributed by atoms with Crippen LogP contribution in [0.2, 0.25) is 0 Å². The zero-order valence-corrected chi connectivity index (χ0v) is 21.4. The minimum Gasteiger partial charge on any atom is -0.490 e. The number of ether oxygens (including phenoxy) is 4. The van der Waals surface area contributed by atoms with Gasteiger partial charge in [-0.3, -0.25) is 0 Å². The molecule has 0 aliphatic carbocycles. The van der Waals surface area contributed by atoms with Gasteiger partial charge < -0.3 is 18.9 Å². The SMILES string of the molecule is CCOc1cc(C=C2N=C(c3ccccc3)OC2=O)cc(Br)c1OCCOc1ccc(C)c(C)c1. The van der Waals surface area contributed by atoms with Gasteiger partial charge in [-0.2, -0.15) is 0 Å². The van der Waals surface area contributed by atoms with Crippen molar-refractivity contribution in [3.8, 4) is 17.2 Å². The highest BCUT2D eigenvalue weighted by molar-refractivity contribution is 9.10. The first-order valence-corrected chi connectivity index (χ1v) is 12.1. The van der Waals surface area contributed by atoms with E-state index < -0.39 is 5.97 Å². The molecule has 3 aromatic carbocycles. The molecule has 0 atom stereocenters. The van der Waals surface area contributed by atoms with Crippen LogP contribution in [0, 0.1) is 13.8 Å². The smallest absolute Gasteiger partial charge is 0.363 e. The number of cyclic esters (lactones) is 1. The number of carbonyl (C=O) groups excluding carboxylic acids is 1. The Balaban J connectivity index is 1.48. The Morgan fingerprint density at radius 1 is 0.943 bits per heavy atom. The molecule has 0 bridgehead atoms. The van der Waals surface area contributed by atoms with Crippen LogP contribution >= 0.6 is 15.9 Å². The molecule has 1 aliphatic heterocycles. The lowest BCUT2D eigenvalue weighted by Crippen LogP contribution is -2.10. The maximum Gasteiger partial charge on any atom is 0.363 e. The van der Waals surface area contributed by atoms with Gasteiger partial charge in [0.15, 0.2) is 17.2 Å². The van der Waals surface area contributed by atoms with E-state index in [0.717, 1.165) is 16.9 Å². The molecule has 0 spiro atoms. The van der Waals surface area contributed by atoms with Crippen molar-refractivity contribution < 1.29 is 23.7 Å². The third-order valence-electron chi connectivity index (χ3n) is 5.35. The monoisotopic (exact) mass is 535 g/mol. The highest BCUT2D eigenvalue weighted by Gasteiger charge is 2.24. The number of halogens is 1. The van der Waals surface area contributed by atoms with Crippen LogP contribution in [0.25, 0.3) is 6.08 Å². The Kier molecular flexibility index (Phi) is 7.87. The van der Waals surface area contributed by atoms with E-state index in [2.05, 4.69) is 34.8 Å². The van der Waals surface area contributed by atoms with E-state index in [1.54, 1.807) is 6.08 Å². The molecule has 6 nitrogen and oxygen atoms in total. The van der Waals surface area contributed by atoms with Crippen LogP contribution in [0.15, 0.2) is 75.8 Å². The molecule has 4 rings (SSSR count). The lowest BCUT2D eigenvalue weighted by atomic mass is 10.1. The highest BCUT2D eigenvalue weighted by Crippen LogP contribution is 2.38. The number of benzene rings is 3. The zero-order valence-electron chi connectivity index (χ0n) is 19.8. The van der Waals surface area contributed by atoms with Crippen molar-refractivity contribution in [1.82, 2.24) is 0 Å². The molecule has 1 heterocycles. The summed E-state index contributed by atoms with van der Waals surface area (Å²) in [4.78, 5) is 16.7. The van der Waals surface area contributed by atoms with Gasteiger partial charge in [0.1, 0.15) is 19.0 Å². The minimum atomic E-state index is -0.498. The van der Waals surface area contributed by atoms with Gasteiger partial charge >= 0.3 is 5.97 Å². The number of hydrogen-bond acceptors (Lipinski definition) is 6. The van der Waals surface area contributed by atoms with Crippen LogP contribution in [0.1, 0.15) is 29.2 Å². The van der Waals surface area contributed by atoms with Crippen LogP contribution < -0.4 is 14.2 Å². The quantitative estimate of drug-likeness (QED) is 0.183. The number of aryl methyl sites for hydroxylation is 2. The first-order chi connectivity index (χ1) is 16.9. The van der Waals surface area contributed by atoms with Crippen molar-refractivity contribution >= 4 is 33.9 Å². The molecule has 0 unspecified atom stereocenters. The van der Waals surface area contributed by atoms with E-state index in [4.69, 9.17) is 18.9 Å². The average Bonchev–Trinajstić information content (AvgIpc) is 3.21. The largest absolute Gasteiger partial charge is 0.490 e. The maximum atomic E-state index is 12.4. The number of aliphatic imine (C=N–C) groups is 1. The fourth-order valence-corrected chi connectivity index (χ4v) is 4.03.